The minimum absolute atomic E-state index is 0.160. The van der Waals surface area contributed by atoms with E-state index in [0.717, 1.165) is 16.7 Å². The highest BCUT2D eigenvalue weighted by Gasteiger charge is 2.28. The number of halogens is 3. The van der Waals surface area contributed by atoms with E-state index in [1.165, 1.54) is 11.6 Å². The van der Waals surface area contributed by atoms with Crippen LogP contribution in [0.25, 0.3) is 11.1 Å². The Bertz CT molecular complexity index is 958. The Kier molecular flexibility index (Phi) is 7.00. The van der Waals surface area contributed by atoms with Crippen LogP contribution < -0.4 is 14.8 Å². The van der Waals surface area contributed by atoms with Crippen molar-refractivity contribution in [1.82, 2.24) is 5.32 Å². The van der Waals surface area contributed by atoms with Crippen molar-refractivity contribution < 1.29 is 22.6 Å². The molecule has 0 aliphatic rings. The Morgan fingerprint density at radius 2 is 1.70 bits per heavy atom. The van der Waals surface area contributed by atoms with Crippen molar-refractivity contribution in [3.63, 3.8) is 0 Å². The fourth-order valence-corrected chi connectivity index (χ4v) is 3.14. The second-order valence-electron chi connectivity index (χ2n) is 6.98. The third kappa shape index (κ3) is 6.00. The zero-order chi connectivity index (χ0) is 21.6. The second kappa shape index (κ2) is 9.67. The molecule has 1 atom stereocenters. The number of benzene rings is 3. The SMILES string of the molecule is COc1ccc(CN[C@H](C)c2ccccc2)cc1-c1cccc(OCC(F)(F)F)c1. The number of nitrogens with one attached hydrogen (secondary N) is 1. The summed E-state index contributed by atoms with van der Waals surface area (Å²) in [6.45, 7) is 1.41. The standard InChI is InChI=1S/C24H24F3NO2/c1-17(19-7-4-3-5-8-19)28-15-18-11-12-23(29-2)22(13-18)20-9-6-10-21(14-20)30-16-24(25,26)27/h3-14,17,28H,15-16H2,1-2H3/t17-/m1/s1. The Labute approximate surface area is 174 Å². The van der Waals surface area contributed by atoms with Gasteiger partial charge in [-0.15, -0.1) is 0 Å². The predicted molar refractivity (Wildman–Crippen MR) is 112 cm³/mol. The van der Waals surface area contributed by atoms with E-state index in [1.807, 2.05) is 42.5 Å². The molecule has 158 valence electrons. The number of hydrogen-bond donors (Lipinski definition) is 1. The normalized spacial score (nSPS) is 12.4. The molecule has 3 aromatic carbocycles. The van der Waals surface area contributed by atoms with Gasteiger partial charge in [-0.25, -0.2) is 0 Å². The molecule has 0 amide bonds. The smallest absolute Gasteiger partial charge is 0.422 e. The van der Waals surface area contributed by atoms with Crippen LogP contribution >= 0.6 is 0 Å². The van der Waals surface area contributed by atoms with E-state index >= 15 is 0 Å². The van der Waals surface area contributed by atoms with Gasteiger partial charge in [0.05, 0.1) is 7.11 Å². The van der Waals surface area contributed by atoms with Crippen LogP contribution in [0.2, 0.25) is 0 Å². The lowest BCUT2D eigenvalue weighted by molar-refractivity contribution is -0.153. The number of ether oxygens (including phenoxy) is 2. The van der Waals surface area contributed by atoms with E-state index in [9.17, 15) is 13.2 Å². The molecule has 3 rings (SSSR count). The van der Waals surface area contributed by atoms with E-state index in [4.69, 9.17) is 9.47 Å². The summed E-state index contributed by atoms with van der Waals surface area (Å²) in [5, 5.41) is 3.49. The van der Waals surface area contributed by atoms with E-state index in [1.54, 1.807) is 19.2 Å². The summed E-state index contributed by atoms with van der Waals surface area (Å²) < 4.78 is 47.7. The fourth-order valence-electron chi connectivity index (χ4n) is 3.14. The van der Waals surface area contributed by atoms with Gasteiger partial charge < -0.3 is 14.8 Å². The number of alkyl halides is 3. The van der Waals surface area contributed by atoms with Gasteiger partial charge in [0.2, 0.25) is 0 Å². The molecule has 0 unspecified atom stereocenters. The minimum Gasteiger partial charge on any atom is -0.496 e. The Balaban J connectivity index is 1.78. The van der Waals surface area contributed by atoms with Crippen LogP contribution in [0.1, 0.15) is 24.1 Å². The van der Waals surface area contributed by atoms with Gasteiger partial charge in [-0.05, 0) is 47.9 Å². The molecule has 3 aromatic rings. The van der Waals surface area contributed by atoms with Crippen LogP contribution in [0.4, 0.5) is 13.2 Å². The maximum atomic E-state index is 12.5. The van der Waals surface area contributed by atoms with Gasteiger partial charge in [0, 0.05) is 18.2 Å². The van der Waals surface area contributed by atoms with Crippen LogP contribution in [0.5, 0.6) is 11.5 Å². The molecule has 0 aliphatic carbocycles. The molecule has 0 spiro atoms. The lowest BCUT2D eigenvalue weighted by atomic mass is 10.0. The summed E-state index contributed by atoms with van der Waals surface area (Å²) in [4.78, 5) is 0. The van der Waals surface area contributed by atoms with E-state index in [0.29, 0.717) is 12.3 Å². The van der Waals surface area contributed by atoms with Gasteiger partial charge in [-0.3, -0.25) is 0 Å². The molecule has 0 bridgehead atoms. The van der Waals surface area contributed by atoms with Crippen molar-refractivity contribution in [1.29, 1.82) is 0 Å². The molecule has 3 nitrogen and oxygen atoms in total. The van der Waals surface area contributed by atoms with Gasteiger partial charge in [0.25, 0.3) is 0 Å². The monoisotopic (exact) mass is 415 g/mol. The summed E-state index contributed by atoms with van der Waals surface area (Å²) >= 11 is 0. The van der Waals surface area contributed by atoms with Crippen molar-refractivity contribution in [3.05, 3.63) is 83.9 Å². The first-order valence-corrected chi connectivity index (χ1v) is 9.61. The third-order valence-electron chi connectivity index (χ3n) is 4.72. The van der Waals surface area contributed by atoms with Crippen LogP contribution in [-0.2, 0) is 6.54 Å². The first-order chi connectivity index (χ1) is 14.4. The van der Waals surface area contributed by atoms with Crippen molar-refractivity contribution in [2.24, 2.45) is 0 Å². The third-order valence-corrected chi connectivity index (χ3v) is 4.72. The molecule has 0 aliphatic heterocycles. The quantitative estimate of drug-likeness (QED) is 0.478. The summed E-state index contributed by atoms with van der Waals surface area (Å²) in [5.74, 6) is 0.802. The molecule has 0 heterocycles. The van der Waals surface area contributed by atoms with Crippen molar-refractivity contribution in [2.75, 3.05) is 13.7 Å². The van der Waals surface area contributed by atoms with Crippen molar-refractivity contribution in [2.45, 2.75) is 25.7 Å². The summed E-state index contributed by atoms with van der Waals surface area (Å²) in [5.41, 5.74) is 3.75. The van der Waals surface area contributed by atoms with Crippen molar-refractivity contribution in [3.8, 4) is 22.6 Å². The minimum atomic E-state index is -4.38. The average molecular weight is 415 g/mol. The molecular weight excluding hydrogens is 391 g/mol. The molecule has 0 radical (unpaired) electrons. The summed E-state index contributed by atoms with van der Waals surface area (Å²) in [7, 11) is 1.57. The molecule has 0 fully saturated rings. The van der Waals surface area contributed by atoms with E-state index < -0.39 is 12.8 Å². The highest BCUT2D eigenvalue weighted by molar-refractivity contribution is 5.72. The number of methoxy groups -OCH3 is 1. The Hall–Kier alpha value is -2.99. The molecule has 0 aromatic heterocycles. The van der Waals surface area contributed by atoms with Crippen LogP contribution in [0.15, 0.2) is 72.8 Å². The lowest BCUT2D eigenvalue weighted by Crippen LogP contribution is -2.19. The predicted octanol–water partition coefficient (Wildman–Crippen LogP) is 6.15. The van der Waals surface area contributed by atoms with Crippen LogP contribution in [0.3, 0.4) is 0 Å². The topological polar surface area (TPSA) is 30.5 Å². The molecule has 0 saturated carbocycles. The first kappa shape index (κ1) is 21.7. The highest BCUT2D eigenvalue weighted by Crippen LogP contribution is 2.33. The molecule has 6 heteroatoms. The summed E-state index contributed by atoms with van der Waals surface area (Å²) in [6.07, 6.45) is -4.38. The van der Waals surface area contributed by atoms with Crippen LogP contribution in [-0.4, -0.2) is 19.9 Å². The maximum absolute atomic E-state index is 12.5. The van der Waals surface area contributed by atoms with Gasteiger partial charge in [0.15, 0.2) is 6.61 Å². The maximum Gasteiger partial charge on any atom is 0.422 e. The van der Waals surface area contributed by atoms with Gasteiger partial charge in [-0.2, -0.15) is 13.2 Å². The van der Waals surface area contributed by atoms with Crippen LogP contribution in [0, 0.1) is 0 Å². The zero-order valence-electron chi connectivity index (χ0n) is 16.9. The largest absolute Gasteiger partial charge is 0.496 e. The average Bonchev–Trinajstić information content (AvgIpc) is 2.76. The van der Waals surface area contributed by atoms with E-state index in [2.05, 4.69) is 24.4 Å². The molecule has 1 N–H and O–H groups in total. The van der Waals surface area contributed by atoms with Gasteiger partial charge >= 0.3 is 6.18 Å². The van der Waals surface area contributed by atoms with E-state index in [-0.39, 0.29) is 11.8 Å². The molecular formula is C24H24F3NO2. The van der Waals surface area contributed by atoms with Gasteiger partial charge in [0.1, 0.15) is 11.5 Å². The molecule has 0 saturated heterocycles. The second-order valence-corrected chi connectivity index (χ2v) is 6.98. The molecule has 30 heavy (non-hydrogen) atoms. The number of rotatable bonds is 8. The fraction of sp³-hybridized carbons (Fsp3) is 0.250. The zero-order valence-corrected chi connectivity index (χ0v) is 16.9. The first-order valence-electron chi connectivity index (χ1n) is 9.61. The Morgan fingerprint density at radius 1 is 0.933 bits per heavy atom. The summed E-state index contributed by atoms with van der Waals surface area (Å²) in [6, 6.07) is 22.7. The number of hydrogen-bond acceptors (Lipinski definition) is 3. The Morgan fingerprint density at radius 3 is 2.40 bits per heavy atom. The van der Waals surface area contributed by atoms with Gasteiger partial charge in [-0.1, -0.05) is 48.5 Å². The lowest BCUT2D eigenvalue weighted by Gasteiger charge is -2.16. The van der Waals surface area contributed by atoms with Crippen molar-refractivity contribution >= 4 is 0 Å². The highest BCUT2D eigenvalue weighted by atomic mass is 19.4.